The molecule has 0 atom stereocenters. The number of hydrogen-bond donors (Lipinski definition) is 1. The zero-order valence-corrected chi connectivity index (χ0v) is 12.2. The minimum Gasteiger partial charge on any atom is -0.355 e. The molecule has 8 heteroatoms. The topological polar surface area (TPSA) is 49.4 Å². The van der Waals surface area contributed by atoms with Gasteiger partial charge in [0.2, 0.25) is 11.8 Å². The van der Waals surface area contributed by atoms with E-state index in [1.54, 1.807) is 0 Å². The molecule has 0 radical (unpaired) electrons. The zero-order chi connectivity index (χ0) is 16.2. The Morgan fingerprint density at radius 2 is 1.90 bits per heavy atom. The maximum absolute atomic E-state index is 12.7. The molecule has 1 rings (SSSR count). The van der Waals surface area contributed by atoms with Gasteiger partial charge < -0.3 is 10.2 Å². The number of hydrogen-bond acceptors (Lipinski definition) is 2. The number of amides is 2. The molecule has 1 aromatic rings. The number of benzene rings is 1. The molecular formula is C13H14ClF3N2O2. The van der Waals surface area contributed by atoms with Crippen molar-refractivity contribution in [1.82, 2.24) is 5.32 Å². The second-order valence-corrected chi connectivity index (χ2v) is 4.72. The molecule has 0 spiro atoms. The highest BCUT2D eigenvalue weighted by Crippen LogP contribution is 2.35. The van der Waals surface area contributed by atoms with Gasteiger partial charge in [0, 0.05) is 26.9 Å². The molecule has 4 nitrogen and oxygen atoms in total. The van der Waals surface area contributed by atoms with Crippen LogP contribution in [0, 0.1) is 0 Å². The van der Waals surface area contributed by atoms with Crippen LogP contribution in [0.1, 0.15) is 19.4 Å². The number of carbonyl (C=O) groups is 2. The van der Waals surface area contributed by atoms with E-state index in [1.807, 2.05) is 0 Å². The van der Waals surface area contributed by atoms with Crippen LogP contribution in [0.3, 0.4) is 0 Å². The minimum atomic E-state index is -4.53. The fraction of sp³-hybridized carbons (Fsp3) is 0.385. The summed E-state index contributed by atoms with van der Waals surface area (Å²) in [5.41, 5.74) is -0.933. The fourth-order valence-electron chi connectivity index (χ4n) is 1.69. The van der Waals surface area contributed by atoms with E-state index >= 15 is 0 Å². The fourth-order valence-corrected chi connectivity index (χ4v) is 1.91. The summed E-state index contributed by atoms with van der Waals surface area (Å²) < 4.78 is 38.2. The number of nitrogens with zero attached hydrogens (tertiary/aromatic N) is 1. The molecule has 0 saturated carbocycles. The number of anilines is 1. The first kappa shape index (κ1) is 17.3. The smallest absolute Gasteiger partial charge is 0.355 e. The summed E-state index contributed by atoms with van der Waals surface area (Å²) in [5, 5.41) is 2.50. The van der Waals surface area contributed by atoms with Crippen molar-refractivity contribution in [2.45, 2.75) is 20.0 Å². The van der Waals surface area contributed by atoms with Crippen LogP contribution in [0.4, 0.5) is 18.9 Å². The van der Waals surface area contributed by atoms with Gasteiger partial charge in [-0.1, -0.05) is 11.6 Å². The summed E-state index contributed by atoms with van der Waals surface area (Å²) in [5.74, 6) is -0.768. The van der Waals surface area contributed by atoms with Gasteiger partial charge in [0.25, 0.3) is 0 Å². The lowest BCUT2D eigenvalue weighted by molar-refractivity contribution is -0.137. The van der Waals surface area contributed by atoms with Gasteiger partial charge in [-0.3, -0.25) is 9.59 Å². The second kappa shape index (κ2) is 6.80. The number of alkyl halides is 3. The van der Waals surface area contributed by atoms with Crippen LogP contribution in [0.25, 0.3) is 0 Å². The van der Waals surface area contributed by atoms with Gasteiger partial charge in [-0.25, -0.2) is 0 Å². The molecule has 0 aliphatic carbocycles. The van der Waals surface area contributed by atoms with Crippen molar-refractivity contribution < 1.29 is 22.8 Å². The molecule has 0 aliphatic heterocycles. The van der Waals surface area contributed by atoms with Gasteiger partial charge in [0.05, 0.1) is 16.3 Å². The van der Waals surface area contributed by atoms with Gasteiger partial charge in [0.15, 0.2) is 0 Å². The monoisotopic (exact) mass is 322 g/mol. The SMILES string of the molecule is CC(=O)NCCN(C(C)=O)c1cc(C(F)(F)F)ccc1Cl. The van der Waals surface area contributed by atoms with Gasteiger partial charge in [-0.05, 0) is 18.2 Å². The molecular weight excluding hydrogens is 309 g/mol. The van der Waals surface area contributed by atoms with E-state index in [1.165, 1.54) is 13.8 Å². The number of rotatable bonds is 4. The van der Waals surface area contributed by atoms with E-state index in [-0.39, 0.29) is 29.7 Å². The molecule has 1 aromatic carbocycles. The lowest BCUT2D eigenvalue weighted by atomic mass is 10.1. The van der Waals surface area contributed by atoms with Crippen molar-refractivity contribution in [2.24, 2.45) is 0 Å². The van der Waals surface area contributed by atoms with Crippen LogP contribution >= 0.6 is 11.6 Å². The molecule has 1 N–H and O–H groups in total. The summed E-state index contributed by atoms with van der Waals surface area (Å²) in [6.45, 7) is 2.65. The highest BCUT2D eigenvalue weighted by Gasteiger charge is 2.31. The zero-order valence-electron chi connectivity index (χ0n) is 11.4. The third kappa shape index (κ3) is 4.93. The van der Waals surface area contributed by atoms with Crippen molar-refractivity contribution in [3.8, 4) is 0 Å². The molecule has 21 heavy (non-hydrogen) atoms. The second-order valence-electron chi connectivity index (χ2n) is 4.32. The van der Waals surface area contributed by atoms with E-state index in [9.17, 15) is 22.8 Å². The molecule has 0 aliphatic rings. The minimum absolute atomic E-state index is 0.0238. The lowest BCUT2D eigenvalue weighted by Crippen LogP contribution is -2.37. The summed E-state index contributed by atoms with van der Waals surface area (Å²) >= 11 is 5.88. The Balaban J connectivity index is 3.07. The molecule has 2 amide bonds. The molecule has 0 fully saturated rings. The standard InChI is InChI=1S/C13H14ClF3N2O2/c1-8(20)18-5-6-19(9(2)21)12-7-10(13(15,16)17)3-4-11(12)14/h3-4,7H,5-6H2,1-2H3,(H,18,20). The van der Waals surface area contributed by atoms with Crippen LogP contribution in [-0.4, -0.2) is 24.9 Å². The predicted octanol–water partition coefficient (Wildman–Crippen LogP) is 2.85. The van der Waals surface area contributed by atoms with E-state index in [4.69, 9.17) is 11.6 Å². The van der Waals surface area contributed by atoms with Gasteiger partial charge >= 0.3 is 6.18 Å². The summed E-state index contributed by atoms with van der Waals surface area (Å²) in [6, 6.07) is 2.75. The van der Waals surface area contributed by atoms with Crippen molar-refractivity contribution in [3.63, 3.8) is 0 Å². The first-order valence-corrected chi connectivity index (χ1v) is 6.40. The van der Waals surface area contributed by atoms with Gasteiger partial charge in [0.1, 0.15) is 0 Å². The lowest BCUT2D eigenvalue weighted by Gasteiger charge is -2.23. The normalized spacial score (nSPS) is 11.1. The summed E-state index contributed by atoms with van der Waals surface area (Å²) in [7, 11) is 0. The van der Waals surface area contributed by atoms with E-state index < -0.39 is 17.6 Å². The Kier molecular flexibility index (Phi) is 5.60. The van der Waals surface area contributed by atoms with E-state index in [0.29, 0.717) is 0 Å². The molecule has 0 aromatic heterocycles. The van der Waals surface area contributed by atoms with Crippen LogP contribution in [-0.2, 0) is 15.8 Å². The van der Waals surface area contributed by atoms with Gasteiger partial charge in [-0.15, -0.1) is 0 Å². The summed E-state index contributed by atoms with van der Waals surface area (Å²) in [6.07, 6.45) is -4.53. The Morgan fingerprint density at radius 1 is 1.29 bits per heavy atom. The Bertz CT molecular complexity index is 547. The van der Waals surface area contributed by atoms with Crippen LogP contribution < -0.4 is 10.2 Å². The third-order valence-electron chi connectivity index (χ3n) is 2.65. The predicted molar refractivity (Wildman–Crippen MR) is 73.2 cm³/mol. The van der Waals surface area contributed by atoms with Crippen LogP contribution in [0.15, 0.2) is 18.2 Å². The van der Waals surface area contributed by atoms with Crippen molar-refractivity contribution >= 4 is 29.1 Å². The maximum atomic E-state index is 12.7. The van der Waals surface area contributed by atoms with E-state index in [0.717, 1.165) is 23.1 Å². The maximum Gasteiger partial charge on any atom is 0.416 e. The number of nitrogens with one attached hydrogen (secondary N) is 1. The van der Waals surface area contributed by atoms with Crippen molar-refractivity contribution in [3.05, 3.63) is 28.8 Å². The largest absolute Gasteiger partial charge is 0.416 e. The highest BCUT2D eigenvalue weighted by molar-refractivity contribution is 6.33. The van der Waals surface area contributed by atoms with E-state index in [2.05, 4.69) is 5.32 Å². The third-order valence-corrected chi connectivity index (χ3v) is 2.97. The highest BCUT2D eigenvalue weighted by atomic mass is 35.5. The number of carbonyl (C=O) groups excluding carboxylic acids is 2. The van der Waals surface area contributed by atoms with Crippen LogP contribution in [0.2, 0.25) is 5.02 Å². The Morgan fingerprint density at radius 3 is 2.38 bits per heavy atom. The molecule has 0 bridgehead atoms. The molecule has 0 unspecified atom stereocenters. The quantitative estimate of drug-likeness (QED) is 0.926. The first-order valence-electron chi connectivity index (χ1n) is 6.02. The molecule has 0 heterocycles. The Labute approximate surface area is 124 Å². The van der Waals surface area contributed by atoms with Crippen molar-refractivity contribution in [1.29, 1.82) is 0 Å². The first-order chi connectivity index (χ1) is 9.62. The molecule has 0 saturated heterocycles. The number of halogens is 4. The summed E-state index contributed by atoms with van der Waals surface area (Å²) in [4.78, 5) is 23.5. The average molecular weight is 323 g/mol. The Hall–Kier alpha value is -1.76. The van der Waals surface area contributed by atoms with Crippen LogP contribution in [0.5, 0.6) is 0 Å². The van der Waals surface area contributed by atoms with Crippen molar-refractivity contribution in [2.75, 3.05) is 18.0 Å². The van der Waals surface area contributed by atoms with Gasteiger partial charge in [-0.2, -0.15) is 13.2 Å². The molecule has 116 valence electrons. The average Bonchev–Trinajstić information content (AvgIpc) is 2.33.